The van der Waals surface area contributed by atoms with Crippen molar-refractivity contribution in [2.45, 2.75) is 0 Å². The summed E-state index contributed by atoms with van der Waals surface area (Å²) in [6.07, 6.45) is 0. The summed E-state index contributed by atoms with van der Waals surface area (Å²) in [5, 5.41) is 9.78. The molecule has 5 aromatic heterocycles. The van der Waals surface area contributed by atoms with Crippen LogP contribution in [0.25, 0.3) is 144 Å². The zero-order valence-corrected chi connectivity index (χ0v) is 41.1. The van der Waals surface area contributed by atoms with Gasteiger partial charge in [0.1, 0.15) is 0 Å². The van der Waals surface area contributed by atoms with Crippen LogP contribution in [0.1, 0.15) is 0 Å². The van der Waals surface area contributed by atoms with Gasteiger partial charge in [-0.25, -0.2) is 9.97 Å². The lowest BCUT2D eigenvalue weighted by molar-refractivity contribution is 1.15. The third-order valence-electron chi connectivity index (χ3n) is 15.6. The average molecular weight is 969 g/mol. The van der Waals surface area contributed by atoms with E-state index in [0.717, 1.165) is 72.9 Å². The summed E-state index contributed by atoms with van der Waals surface area (Å²) in [5.41, 5.74) is 18.4. The first-order valence-corrected chi connectivity index (χ1v) is 25.9. The Kier molecular flexibility index (Phi) is 9.23. The highest BCUT2D eigenvalue weighted by Crippen LogP contribution is 2.43. The fourth-order valence-corrected chi connectivity index (χ4v) is 12.4. The summed E-state index contributed by atoms with van der Waals surface area (Å²) in [4.78, 5) is 10.7. The molecule has 76 heavy (non-hydrogen) atoms. The van der Waals surface area contributed by atoms with E-state index in [2.05, 4.69) is 279 Å². The van der Waals surface area contributed by atoms with Gasteiger partial charge in [-0.1, -0.05) is 176 Å². The predicted molar refractivity (Wildman–Crippen MR) is 316 cm³/mol. The molecule has 0 saturated carbocycles. The van der Waals surface area contributed by atoms with Gasteiger partial charge >= 0.3 is 0 Å². The normalized spacial score (nSPS) is 11.9. The molecule has 0 radical (unpaired) electrons. The smallest absolute Gasteiger partial charge is 0.160 e. The molecular formula is C70H44N6. The zero-order valence-electron chi connectivity index (χ0n) is 41.1. The minimum Gasteiger partial charge on any atom is -0.309 e. The van der Waals surface area contributed by atoms with Crippen LogP contribution in [0.5, 0.6) is 0 Å². The number of aromatic nitrogens is 6. The Morgan fingerprint density at radius 1 is 0.224 bits per heavy atom. The molecule has 6 heteroatoms. The van der Waals surface area contributed by atoms with Crippen molar-refractivity contribution in [1.29, 1.82) is 0 Å². The summed E-state index contributed by atoms with van der Waals surface area (Å²) in [7, 11) is 0. The first kappa shape index (κ1) is 42.2. The average Bonchev–Trinajstić information content (AvgIpc) is 4.29. The molecule has 354 valence electrons. The maximum atomic E-state index is 5.35. The molecule has 0 spiro atoms. The Labute approximate surface area is 436 Å². The summed E-state index contributed by atoms with van der Waals surface area (Å²) < 4.78 is 9.70. The highest BCUT2D eigenvalue weighted by molar-refractivity contribution is 6.18. The molecule has 0 fully saturated rings. The highest BCUT2D eigenvalue weighted by atomic mass is 15.0. The second-order valence-electron chi connectivity index (χ2n) is 19.7. The fourth-order valence-electron chi connectivity index (χ4n) is 12.4. The molecular weight excluding hydrogens is 925 g/mol. The van der Waals surface area contributed by atoms with E-state index >= 15 is 0 Å². The summed E-state index contributed by atoms with van der Waals surface area (Å²) in [6, 6.07) is 96.1. The van der Waals surface area contributed by atoms with Crippen LogP contribution in [0.3, 0.4) is 0 Å². The van der Waals surface area contributed by atoms with Crippen LogP contribution in [0.4, 0.5) is 0 Å². The van der Waals surface area contributed by atoms with Crippen LogP contribution < -0.4 is 0 Å². The van der Waals surface area contributed by atoms with E-state index in [9.17, 15) is 0 Å². The van der Waals surface area contributed by atoms with Gasteiger partial charge in [0.05, 0.1) is 66.9 Å². The lowest BCUT2D eigenvalue weighted by Crippen LogP contribution is -1.99. The predicted octanol–water partition coefficient (Wildman–Crippen LogP) is 17.9. The van der Waals surface area contributed by atoms with E-state index in [-0.39, 0.29) is 0 Å². The number of hydrogen-bond acceptors (Lipinski definition) is 2. The molecule has 16 rings (SSSR count). The molecule has 0 saturated heterocycles. The van der Waals surface area contributed by atoms with Crippen molar-refractivity contribution in [2.75, 3.05) is 0 Å². The number of para-hydroxylation sites is 6. The van der Waals surface area contributed by atoms with Crippen LogP contribution >= 0.6 is 0 Å². The summed E-state index contributed by atoms with van der Waals surface area (Å²) in [6.45, 7) is 0. The molecule has 0 aliphatic heterocycles. The standard InChI is InChI=1S/C70H44N6/c1-2-20-45(21-3-1)70-71-56(46-22-16-24-48(42-46)73-62-36-14-8-30-54(62)68-64(73)38-18-40-66(68)75-58-32-10-4-26-50(58)51-27-5-11-33-59(51)75)44-57(72-70)47-23-17-25-49(43-47)74-63-37-15-9-31-55(63)69-65(74)39-19-41-67(69)76-60-34-12-6-28-52(60)53-29-7-13-35-61(53)76/h1-44H. The first-order chi connectivity index (χ1) is 37.7. The lowest BCUT2D eigenvalue weighted by atomic mass is 10.1. The van der Waals surface area contributed by atoms with Gasteiger partial charge in [-0.3, -0.25) is 0 Å². The molecule has 16 aromatic rings. The molecule has 0 atom stereocenters. The Bertz CT molecular complexity index is 4610. The molecule has 6 nitrogen and oxygen atoms in total. The lowest BCUT2D eigenvalue weighted by Gasteiger charge is -2.14. The van der Waals surface area contributed by atoms with E-state index < -0.39 is 0 Å². The van der Waals surface area contributed by atoms with Gasteiger partial charge in [-0.15, -0.1) is 0 Å². The molecule has 0 aliphatic rings. The Hall–Kier alpha value is -10.3. The maximum Gasteiger partial charge on any atom is 0.160 e. The van der Waals surface area contributed by atoms with Crippen molar-refractivity contribution in [2.24, 2.45) is 0 Å². The van der Waals surface area contributed by atoms with Crippen LogP contribution in [-0.2, 0) is 0 Å². The van der Waals surface area contributed by atoms with Crippen molar-refractivity contribution in [3.8, 4) is 56.7 Å². The number of rotatable bonds is 7. The SMILES string of the molecule is c1ccc(-c2nc(-c3cccc(-n4c5ccccc5c5c(-n6c7ccccc7c7ccccc76)cccc54)c3)cc(-c3cccc(-n4c5ccccc5c5c(-n6c7ccccc7c7ccccc76)cccc54)c3)n2)cc1. The Morgan fingerprint density at radius 3 is 0.947 bits per heavy atom. The van der Waals surface area contributed by atoms with Crippen molar-refractivity contribution in [3.63, 3.8) is 0 Å². The third kappa shape index (κ3) is 6.28. The number of benzene rings is 11. The fraction of sp³-hybridized carbons (Fsp3) is 0. The van der Waals surface area contributed by atoms with Gasteiger partial charge in [-0.2, -0.15) is 0 Å². The van der Waals surface area contributed by atoms with Gasteiger partial charge in [0.2, 0.25) is 0 Å². The number of nitrogens with zero attached hydrogens (tertiary/aromatic N) is 6. The monoisotopic (exact) mass is 968 g/mol. The van der Waals surface area contributed by atoms with Gasteiger partial charge in [0, 0.05) is 71.2 Å². The van der Waals surface area contributed by atoms with Crippen molar-refractivity contribution in [3.05, 3.63) is 267 Å². The van der Waals surface area contributed by atoms with Crippen LogP contribution in [0, 0.1) is 0 Å². The summed E-state index contributed by atoms with van der Waals surface area (Å²) >= 11 is 0. The van der Waals surface area contributed by atoms with E-state index in [1.54, 1.807) is 0 Å². The highest BCUT2D eigenvalue weighted by Gasteiger charge is 2.22. The Balaban J connectivity index is 0.861. The summed E-state index contributed by atoms with van der Waals surface area (Å²) in [5.74, 6) is 0.671. The second kappa shape index (κ2) is 16.6. The van der Waals surface area contributed by atoms with E-state index in [4.69, 9.17) is 9.97 Å². The molecule has 0 bridgehead atoms. The third-order valence-corrected chi connectivity index (χ3v) is 15.6. The molecule has 0 N–H and O–H groups in total. The van der Waals surface area contributed by atoms with Crippen LogP contribution in [-0.4, -0.2) is 28.2 Å². The van der Waals surface area contributed by atoms with Crippen LogP contribution in [0.15, 0.2) is 267 Å². The van der Waals surface area contributed by atoms with E-state index in [1.165, 1.54) is 65.2 Å². The molecule has 0 aliphatic carbocycles. The molecule has 5 heterocycles. The van der Waals surface area contributed by atoms with Crippen molar-refractivity contribution in [1.82, 2.24) is 28.2 Å². The zero-order chi connectivity index (χ0) is 49.8. The van der Waals surface area contributed by atoms with Gasteiger partial charge < -0.3 is 18.3 Å². The quantitative estimate of drug-likeness (QED) is 0.160. The number of hydrogen-bond donors (Lipinski definition) is 0. The van der Waals surface area contributed by atoms with Crippen LogP contribution in [0.2, 0.25) is 0 Å². The topological polar surface area (TPSA) is 45.5 Å². The minimum atomic E-state index is 0.671. The van der Waals surface area contributed by atoms with Gasteiger partial charge in [0.15, 0.2) is 5.82 Å². The van der Waals surface area contributed by atoms with E-state index in [1.807, 2.05) is 6.07 Å². The second-order valence-corrected chi connectivity index (χ2v) is 19.7. The molecule has 0 unspecified atom stereocenters. The minimum absolute atomic E-state index is 0.671. The molecule has 11 aromatic carbocycles. The van der Waals surface area contributed by atoms with Gasteiger partial charge in [0.25, 0.3) is 0 Å². The van der Waals surface area contributed by atoms with Crippen molar-refractivity contribution < 1.29 is 0 Å². The first-order valence-electron chi connectivity index (χ1n) is 25.9. The van der Waals surface area contributed by atoms with Crippen molar-refractivity contribution >= 4 is 87.2 Å². The molecule has 0 amide bonds. The largest absolute Gasteiger partial charge is 0.309 e. The maximum absolute atomic E-state index is 5.35. The van der Waals surface area contributed by atoms with E-state index in [0.29, 0.717) is 5.82 Å². The Morgan fingerprint density at radius 2 is 0.539 bits per heavy atom. The number of fused-ring (bicyclic) bond motifs is 12. The van der Waals surface area contributed by atoms with Gasteiger partial charge in [-0.05, 0) is 91.0 Å².